The number of carbonyl (C=O) groups excluding carboxylic acids is 2. The van der Waals surface area contributed by atoms with Gasteiger partial charge in [-0.2, -0.15) is 0 Å². The van der Waals surface area contributed by atoms with E-state index >= 15 is 0 Å². The average molecular weight is 562 g/mol. The summed E-state index contributed by atoms with van der Waals surface area (Å²) in [5.41, 5.74) is 1.16. The number of carbonyl (C=O) groups is 2. The smallest absolute Gasteiger partial charge is 0.302 e. The summed E-state index contributed by atoms with van der Waals surface area (Å²) < 4.78 is 16.0. The maximum atomic E-state index is 12.0. The number of amides is 1. The van der Waals surface area contributed by atoms with Crippen LogP contribution in [0, 0.1) is 11.8 Å². The van der Waals surface area contributed by atoms with Gasteiger partial charge in [-0.3, -0.25) is 9.59 Å². The SMILES string of the molecule is CC(=O)O[C@H]1C[C@@H](O)[C@H](/C=C/[C@@H](O)CCc2ccccc2)[C@H]1C/C=C\CCCC(=O)NCCOCCOCCO. The Morgan fingerprint density at radius 2 is 1.85 bits per heavy atom. The lowest BCUT2D eigenvalue weighted by Crippen LogP contribution is -2.27. The lowest BCUT2D eigenvalue weighted by Gasteiger charge is -2.22. The van der Waals surface area contributed by atoms with E-state index in [0.29, 0.717) is 65.1 Å². The van der Waals surface area contributed by atoms with Gasteiger partial charge in [-0.15, -0.1) is 0 Å². The van der Waals surface area contributed by atoms with Gasteiger partial charge in [0.25, 0.3) is 0 Å². The summed E-state index contributed by atoms with van der Waals surface area (Å²) in [6, 6.07) is 9.99. The number of hydrogen-bond donors (Lipinski definition) is 4. The predicted octanol–water partition coefficient (Wildman–Crippen LogP) is 2.72. The summed E-state index contributed by atoms with van der Waals surface area (Å²) in [4.78, 5) is 23.6. The van der Waals surface area contributed by atoms with E-state index in [1.807, 2.05) is 48.6 Å². The molecule has 0 radical (unpaired) electrons. The first kappa shape index (κ1) is 33.6. The van der Waals surface area contributed by atoms with E-state index in [9.17, 15) is 19.8 Å². The minimum Gasteiger partial charge on any atom is -0.462 e. The molecule has 1 aromatic rings. The van der Waals surface area contributed by atoms with Crippen molar-refractivity contribution >= 4 is 11.9 Å². The van der Waals surface area contributed by atoms with E-state index in [4.69, 9.17) is 19.3 Å². The first-order chi connectivity index (χ1) is 19.4. The van der Waals surface area contributed by atoms with E-state index in [2.05, 4.69) is 5.32 Å². The largest absolute Gasteiger partial charge is 0.462 e. The highest BCUT2D eigenvalue weighted by Crippen LogP contribution is 2.38. The highest BCUT2D eigenvalue weighted by molar-refractivity contribution is 5.75. The Morgan fingerprint density at radius 3 is 2.58 bits per heavy atom. The molecule has 1 saturated carbocycles. The number of aliphatic hydroxyl groups is 3. The third kappa shape index (κ3) is 14.2. The van der Waals surface area contributed by atoms with Crippen molar-refractivity contribution in [3.05, 3.63) is 60.2 Å². The third-order valence-electron chi connectivity index (χ3n) is 6.86. The highest BCUT2D eigenvalue weighted by Gasteiger charge is 2.42. The number of benzene rings is 1. The molecule has 40 heavy (non-hydrogen) atoms. The van der Waals surface area contributed by atoms with Crippen molar-refractivity contribution in [2.75, 3.05) is 39.6 Å². The summed E-state index contributed by atoms with van der Waals surface area (Å²) in [5.74, 6) is -0.719. The van der Waals surface area contributed by atoms with Gasteiger partial charge in [-0.05, 0) is 37.7 Å². The molecular weight excluding hydrogens is 514 g/mol. The Bertz CT molecular complexity index is 891. The second kappa shape index (κ2) is 20.3. The molecule has 4 N–H and O–H groups in total. The fourth-order valence-electron chi connectivity index (χ4n) is 4.83. The summed E-state index contributed by atoms with van der Waals surface area (Å²) in [5, 5.41) is 32.6. The first-order valence-electron chi connectivity index (χ1n) is 14.3. The van der Waals surface area contributed by atoms with E-state index < -0.39 is 12.2 Å². The molecule has 0 saturated heterocycles. The third-order valence-corrected chi connectivity index (χ3v) is 6.86. The number of nitrogens with one attached hydrogen (secondary N) is 1. The van der Waals surface area contributed by atoms with Gasteiger partial charge >= 0.3 is 5.97 Å². The van der Waals surface area contributed by atoms with Crippen LogP contribution in [0.25, 0.3) is 0 Å². The summed E-state index contributed by atoms with van der Waals surface area (Å²) in [6.07, 6.45) is 10.2. The van der Waals surface area contributed by atoms with Gasteiger partial charge in [0.05, 0.1) is 45.2 Å². The molecule has 0 aromatic heterocycles. The van der Waals surface area contributed by atoms with Gasteiger partial charge in [0.2, 0.25) is 5.91 Å². The zero-order valence-electron chi connectivity index (χ0n) is 23.7. The molecule has 9 nitrogen and oxygen atoms in total. The lowest BCUT2D eigenvalue weighted by molar-refractivity contribution is -0.148. The number of unbranched alkanes of at least 4 members (excludes halogenated alkanes) is 1. The molecule has 1 amide bonds. The van der Waals surface area contributed by atoms with Crippen LogP contribution in [0.4, 0.5) is 0 Å². The monoisotopic (exact) mass is 561 g/mol. The fourth-order valence-corrected chi connectivity index (χ4v) is 4.83. The minimum absolute atomic E-state index is 0.0114. The molecule has 9 heteroatoms. The zero-order chi connectivity index (χ0) is 29.0. The Kier molecular flexibility index (Phi) is 17.1. The van der Waals surface area contributed by atoms with Crippen LogP contribution in [0.5, 0.6) is 0 Å². The normalized spacial score (nSPS) is 21.7. The van der Waals surface area contributed by atoms with Crippen LogP contribution >= 0.6 is 0 Å². The quantitative estimate of drug-likeness (QED) is 0.108. The molecule has 1 fully saturated rings. The van der Waals surface area contributed by atoms with E-state index in [0.717, 1.165) is 18.4 Å². The predicted molar refractivity (Wildman–Crippen MR) is 152 cm³/mol. The van der Waals surface area contributed by atoms with Gasteiger partial charge in [0.1, 0.15) is 6.10 Å². The number of esters is 1. The maximum absolute atomic E-state index is 12.0. The number of allylic oxidation sites excluding steroid dienone is 2. The number of rotatable bonds is 20. The zero-order valence-corrected chi connectivity index (χ0v) is 23.7. The van der Waals surface area contributed by atoms with Crippen LogP contribution in [0.3, 0.4) is 0 Å². The topological polar surface area (TPSA) is 135 Å². The van der Waals surface area contributed by atoms with Crippen LogP contribution in [0.1, 0.15) is 51.0 Å². The molecule has 0 unspecified atom stereocenters. The van der Waals surface area contributed by atoms with Gasteiger partial charge in [-0.25, -0.2) is 0 Å². The number of aliphatic hydroxyl groups excluding tert-OH is 3. The van der Waals surface area contributed by atoms with Crippen LogP contribution in [0.15, 0.2) is 54.6 Å². The van der Waals surface area contributed by atoms with Crippen molar-refractivity contribution in [3.8, 4) is 0 Å². The second-order valence-corrected chi connectivity index (χ2v) is 10.1. The average Bonchev–Trinajstić information content (AvgIpc) is 3.22. The molecule has 0 spiro atoms. The fraction of sp³-hybridized carbons (Fsp3) is 0.613. The molecule has 0 heterocycles. The molecule has 2 rings (SSSR count). The van der Waals surface area contributed by atoms with Crippen LogP contribution in [-0.2, 0) is 30.2 Å². The van der Waals surface area contributed by atoms with E-state index in [-0.39, 0.29) is 36.4 Å². The summed E-state index contributed by atoms with van der Waals surface area (Å²) in [7, 11) is 0. The van der Waals surface area contributed by atoms with E-state index in [1.54, 1.807) is 6.08 Å². The molecule has 5 atom stereocenters. The number of aryl methyl sites for hydroxylation is 1. The van der Waals surface area contributed by atoms with Crippen molar-refractivity contribution in [3.63, 3.8) is 0 Å². The Morgan fingerprint density at radius 1 is 1.10 bits per heavy atom. The van der Waals surface area contributed by atoms with Crippen LogP contribution < -0.4 is 5.32 Å². The maximum Gasteiger partial charge on any atom is 0.302 e. The molecular formula is C31H47NO8. The standard InChI is InChI=1S/C31H47NO8/c1-24(34)40-30-23-29(36)27(16-15-26(35)14-13-25-9-5-4-6-10-25)28(30)11-7-2-3-8-12-31(37)32-17-19-38-21-22-39-20-18-33/h2,4-7,9-10,15-16,26-30,33,35-36H,3,8,11-14,17-23H2,1H3,(H,32,37)/b7-2-,16-15+/t26-,27+,28+,29+,30-/m0/s1. The number of hydrogen-bond acceptors (Lipinski definition) is 8. The Hall–Kier alpha value is -2.56. The van der Waals surface area contributed by atoms with Crippen LogP contribution in [-0.4, -0.2) is 85.1 Å². The second-order valence-electron chi connectivity index (χ2n) is 10.1. The lowest BCUT2D eigenvalue weighted by atomic mass is 9.89. The first-order valence-corrected chi connectivity index (χ1v) is 14.3. The van der Waals surface area contributed by atoms with Gasteiger partial charge in [-0.1, -0.05) is 54.6 Å². The van der Waals surface area contributed by atoms with Gasteiger partial charge in [0.15, 0.2) is 0 Å². The summed E-state index contributed by atoms with van der Waals surface area (Å²) in [6.45, 7) is 3.33. The summed E-state index contributed by atoms with van der Waals surface area (Å²) >= 11 is 0. The minimum atomic E-state index is -0.652. The molecule has 1 aliphatic rings. The molecule has 0 aliphatic heterocycles. The Labute approximate surface area is 238 Å². The molecule has 224 valence electrons. The van der Waals surface area contributed by atoms with Gasteiger partial charge < -0.3 is 34.8 Å². The Balaban J connectivity index is 1.72. The van der Waals surface area contributed by atoms with Crippen LogP contribution in [0.2, 0.25) is 0 Å². The van der Waals surface area contributed by atoms with Crippen molar-refractivity contribution in [1.82, 2.24) is 5.32 Å². The molecule has 1 aliphatic carbocycles. The van der Waals surface area contributed by atoms with Crippen molar-refractivity contribution < 1.29 is 39.1 Å². The van der Waals surface area contributed by atoms with Gasteiger partial charge in [0, 0.05) is 38.1 Å². The molecule has 0 bridgehead atoms. The van der Waals surface area contributed by atoms with Crippen molar-refractivity contribution in [2.24, 2.45) is 11.8 Å². The molecule has 1 aromatic carbocycles. The van der Waals surface area contributed by atoms with Crippen molar-refractivity contribution in [1.29, 1.82) is 0 Å². The highest BCUT2D eigenvalue weighted by atomic mass is 16.5. The number of ether oxygens (including phenoxy) is 3. The van der Waals surface area contributed by atoms with E-state index in [1.165, 1.54) is 6.92 Å². The van der Waals surface area contributed by atoms with Crippen molar-refractivity contribution in [2.45, 2.75) is 70.2 Å².